The fourth-order valence-corrected chi connectivity index (χ4v) is 8.80. The monoisotopic (exact) mass is 442 g/mol. The van der Waals surface area contributed by atoms with Crippen molar-refractivity contribution in [3.8, 4) is 0 Å². The Bertz CT molecular complexity index is 735. The fourth-order valence-electron chi connectivity index (χ4n) is 8.80. The summed E-state index contributed by atoms with van der Waals surface area (Å²) >= 11 is 0. The minimum Gasteiger partial charge on any atom is -0.463 e. The van der Waals surface area contributed by atoms with E-state index in [4.69, 9.17) is 4.74 Å². The first kappa shape index (κ1) is 24.3. The van der Waals surface area contributed by atoms with E-state index in [-0.39, 0.29) is 12.1 Å². The molecule has 0 aliphatic heterocycles. The second kappa shape index (κ2) is 9.10. The Morgan fingerprint density at radius 2 is 1.75 bits per heavy atom. The Balaban J connectivity index is 1.50. The molecular formula is C30H50O2. The molecule has 3 saturated carbocycles. The quantitative estimate of drug-likeness (QED) is 0.305. The minimum atomic E-state index is -0.0976. The number of rotatable bonds is 6. The van der Waals surface area contributed by atoms with Crippen molar-refractivity contribution < 1.29 is 9.53 Å². The maximum atomic E-state index is 11.5. The van der Waals surface area contributed by atoms with Crippen LogP contribution in [0.5, 0.6) is 0 Å². The average molecular weight is 443 g/mol. The van der Waals surface area contributed by atoms with Crippen molar-refractivity contribution in [3.05, 3.63) is 11.1 Å². The molecule has 0 heterocycles. The Morgan fingerprint density at radius 3 is 2.44 bits per heavy atom. The van der Waals surface area contributed by atoms with Crippen LogP contribution in [0.25, 0.3) is 0 Å². The molecule has 0 amide bonds. The third-order valence-corrected chi connectivity index (χ3v) is 11.3. The summed E-state index contributed by atoms with van der Waals surface area (Å²) in [6.07, 6.45) is 14.6. The van der Waals surface area contributed by atoms with Gasteiger partial charge in [0.15, 0.2) is 0 Å². The highest BCUT2D eigenvalue weighted by Gasteiger charge is 2.55. The normalized spacial score (nSPS) is 41.0. The van der Waals surface area contributed by atoms with Gasteiger partial charge in [0.05, 0.1) is 0 Å². The molecule has 4 aliphatic rings. The van der Waals surface area contributed by atoms with Crippen LogP contribution in [-0.4, -0.2) is 12.1 Å². The van der Waals surface area contributed by atoms with Crippen LogP contribution in [0, 0.1) is 46.3 Å². The van der Waals surface area contributed by atoms with Crippen molar-refractivity contribution in [1.82, 2.24) is 0 Å². The van der Waals surface area contributed by atoms with Crippen LogP contribution in [0.2, 0.25) is 0 Å². The van der Waals surface area contributed by atoms with Gasteiger partial charge in [0.2, 0.25) is 0 Å². The molecule has 0 aromatic carbocycles. The molecule has 32 heavy (non-hydrogen) atoms. The minimum absolute atomic E-state index is 0.0976. The maximum Gasteiger partial charge on any atom is 0.302 e. The molecule has 0 bridgehead atoms. The lowest BCUT2D eigenvalue weighted by Crippen LogP contribution is -2.48. The van der Waals surface area contributed by atoms with E-state index < -0.39 is 0 Å². The van der Waals surface area contributed by atoms with E-state index in [1.54, 1.807) is 6.92 Å². The van der Waals surface area contributed by atoms with E-state index in [2.05, 4.69) is 41.5 Å². The number of hydrogen-bond donors (Lipinski definition) is 0. The lowest BCUT2D eigenvalue weighted by Gasteiger charge is -2.57. The predicted octanol–water partition coefficient (Wildman–Crippen LogP) is 8.35. The number of allylic oxidation sites excluding steroid dienone is 2. The molecule has 2 nitrogen and oxygen atoms in total. The number of hydrogen-bond acceptors (Lipinski definition) is 2. The Morgan fingerprint density at radius 1 is 1.00 bits per heavy atom. The van der Waals surface area contributed by atoms with Crippen molar-refractivity contribution in [1.29, 1.82) is 0 Å². The van der Waals surface area contributed by atoms with Crippen molar-refractivity contribution in [2.75, 3.05) is 0 Å². The fraction of sp³-hybridized carbons (Fsp3) is 0.900. The maximum absolute atomic E-state index is 11.5. The summed E-state index contributed by atoms with van der Waals surface area (Å²) in [4.78, 5) is 11.5. The molecule has 0 spiro atoms. The van der Waals surface area contributed by atoms with Crippen LogP contribution in [0.3, 0.4) is 0 Å². The molecule has 0 saturated heterocycles. The second-order valence-electron chi connectivity index (χ2n) is 13.2. The summed E-state index contributed by atoms with van der Waals surface area (Å²) in [5.41, 5.74) is 4.69. The SMILES string of the molecule is CC(=O)O[C@@H]1CC[C@@]2(C)[C@@H](CCC3=C4CC[C@H]([C@H](C)CC[C@@H](C)C(C)C)[C@]4(C)CC[C@H]32)C1. The summed E-state index contributed by atoms with van der Waals surface area (Å²) in [5, 5.41) is 0. The zero-order valence-electron chi connectivity index (χ0n) is 22.1. The van der Waals surface area contributed by atoms with Gasteiger partial charge in [-0.2, -0.15) is 0 Å². The van der Waals surface area contributed by atoms with Gasteiger partial charge >= 0.3 is 5.97 Å². The summed E-state index contributed by atoms with van der Waals surface area (Å²) in [6, 6.07) is 0. The Hall–Kier alpha value is -0.790. The van der Waals surface area contributed by atoms with Crippen LogP contribution < -0.4 is 0 Å². The first-order chi connectivity index (χ1) is 15.1. The van der Waals surface area contributed by atoms with Gasteiger partial charge in [-0.3, -0.25) is 4.79 Å². The average Bonchev–Trinajstić information content (AvgIpc) is 3.08. The zero-order valence-corrected chi connectivity index (χ0v) is 22.1. The van der Waals surface area contributed by atoms with Crippen LogP contribution >= 0.6 is 0 Å². The highest BCUT2D eigenvalue weighted by atomic mass is 16.5. The van der Waals surface area contributed by atoms with Crippen LogP contribution in [-0.2, 0) is 9.53 Å². The van der Waals surface area contributed by atoms with Gasteiger partial charge in [0.25, 0.3) is 0 Å². The van der Waals surface area contributed by atoms with Crippen molar-refractivity contribution in [3.63, 3.8) is 0 Å². The van der Waals surface area contributed by atoms with Gasteiger partial charge in [-0.1, -0.05) is 65.5 Å². The topological polar surface area (TPSA) is 26.3 Å². The Kier molecular flexibility index (Phi) is 6.92. The highest BCUT2D eigenvalue weighted by molar-refractivity contribution is 5.66. The molecule has 8 atom stereocenters. The van der Waals surface area contributed by atoms with Gasteiger partial charge in [0, 0.05) is 6.92 Å². The standard InChI is InChI=1S/C30H50O2/c1-19(2)20(3)8-9-21(4)26-12-13-27-25-11-10-23-18-24(32-22(5)31)14-16-29(23,6)28(25)15-17-30(26,27)7/h19-21,23-24,26,28H,8-18H2,1-7H3/t20-,21-,23+,24-,26-,28-,29+,30+/m1/s1. The molecule has 0 N–H and O–H groups in total. The number of ether oxygens (including phenoxy) is 1. The van der Waals surface area contributed by atoms with Gasteiger partial charge in [-0.15, -0.1) is 0 Å². The lowest BCUT2D eigenvalue weighted by molar-refractivity contribution is -0.152. The molecule has 0 radical (unpaired) electrons. The van der Waals surface area contributed by atoms with Crippen molar-refractivity contribution in [2.24, 2.45) is 46.3 Å². The number of carbonyl (C=O) groups is 1. The number of fused-ring (bicyclic) bond motifs is 4. The van der Waals surface area contributed by atoms with Crippen LogP contribution in [0.4, 0.5) is 0 Å². The number of esters is 1. The van der Waals surface area contributed by atoms with E-state index in [0.29, 0.717) is 10.8 Å². The van der Waals surface area contributed by atoms with E-state index in [9.17, 15) is 4.79 Å². The molecular weight excluding hydrogens is 392 g/mol. The van der Waals surface area contributed by atoms with Gasteiger partial charge in [0.1, 0.15) is 6.10 Å². The molecule has 4 rings (SSSR count). The van der Waals surface area contributed by atoms with E-state index in [0.717, 1.165) is 48.3 Å². The van der Waals surface area contributed by atoms with E-state index in [1.807, 2.05) is 11.1 Å². The van der Waals surface area contributed by atoms with Crippen LogP contribution in [0.1, 0.15) is 119 Å². The van der Waals surface area contributed by atoms with Crippen molar-refractivity contribution in [2.45, 2.75) is 125 Å². The van der Waals surface area contributed by atoms with Gasteiger partial charge < -0.3 is 4.74 Å². The zero-order chi connectivity index (χ0) is 23.3. The Labute approximate surface area is 198 Å². The molecule has 0 aromatic rings. The summed E-state index contributed by atoms with van der Waals surface area (Å²) in [7, 11) is 0. The second-order valence-corrected chi connectivity index (χ2v) is 13.2. The third kappa shape index (κ3) is 4.22. The van der Waals surface area contributed by atoms with Gasteiger partial charge in [-0.25, -0.2) is 0 Å². The first-order valence-corrected chi connectivity index (χ1v) is 14.0. The molecule has 3 fully saturated rings. The molecule has 0 unspecified atom stereocenters. The molecule has 0 aromatic heterocycles. The van der Waals surface area contributed by atoms with E-state index >= 15 is 0 Å². The van der Waals surface area contributed by atoms with Gasteiger partial charge in [-0.05, 0) is 104 Å². The first-order valence-electron chi connectivity index (χ1n) is 14.0. The van der Waals surface area contributed by atoms with Crippen LogP contribution in [0.15, 0.2) is 11.1 Å². The lowest BCUT2D eigenvalue weighted by atomic mass is 9.48. The number of carbonyl (C=O) groups excluding carboxylic acids is 1. The molecule has 4 aliphatic carbocycles. The third-order valence-electron chi connectivity index (χ3n) is 11.3. The summed E-state index contributed by atoms with van der Waals surface area (Å²) < 4.78 is 5.65. The van der Waals surface area contributed by atoms with E-state index in [1.165, 1.54) is 57.8 Å². The predicted molar refractivity (Wildman–Crippen MR) is 133 cm³/mol. The largest absolute Gasteiger partial charge is 0.463 e. The highest BCUT2D eigenvalue weighted by Crippen LogP contribution is 2.66. The van der Waals surface area contributed by atoms with Crippen molar-refractivity contribution >= 4 is 5.97 Å². The summed E-state index contributed by atoms with van der Waals surface area (Å²) in [6.45, 7) is 16.6. The molecule has 182 valence electrons. The summed E-state index contributed by atoms with van der Waals surface area (Å²) in [5.74, 6) is 4.81. The molecule has 2 heteroatoms. The smallest absolute Gasteiger partial charge is 0.302 e.